The number of rotatable bonds is 4. The topological polar surface area (TPSA) is 84.0 Å². The molecule has 0 aromatic heterocycles. The number of carbonyl (C=O) groups is 4. The van der Waals surface area contributed by atoms with E-state index in [0.29, 0.717) is 19.4 Å². The summed E-state index contributed by atoms with van der Waals surface area (Å²) >= 11 is 0. The molecule has 3 rings (SSSR count). The first-order valence-corrected chi connectivity index (χ1v) is 8.02. The van der Waals surface area contributed by atoms with Crippen molar-refractivity contribution in [2.45, 2.75) is 19.3 Å². The van der Waals surface area contributed by atoms with Gasteiger partial charge in [0.05, 0.1) is 11.6 Å². The van der Waals surface area contributed by atoms with Crippen molar-refractivity contribution >= 4 is 29.4 Å². The number of esters is 1. The van der Waals surface area contributed by atoms with Crippen LogP contribution in [0.1, 0.15) is 19.3 Å². The zero-order chi connectivity index (χ0) is 18.0. The van der Waals surface area contributed by atoms with E-state index >= 15 is 0 Å². The highest BCUT2D eigenvalue weighted by Crippen LogP contribution is 2.27. The monoisotopic (exact) mass is 348 g/mol. The normalized spacial score (nSPS) is 20.3. The number of ether oxygens (including phenoxy) is 1. The van der Waals surface area contributed by atoms with Gasteiger partial charge in [-0.15, -0.1) is 0 Å². The Morgan fingerprint density at radius 2 is 1.96 bits per heavy atom. The minimum atomic E-state index is -0.769. The van der Waals surface area contributed by atoms with Crippen molar-refractivity contribution in [3.63, 3.8) is 0 Å². The van der Waals surface area contributed by atoms with Crippen LogP contribution in [-0.2, 0) is 23.9 Å². The molecule has 7 nitrogen and oxygen atoms in total. The molecule has 0 spiro atoms. The van der Waals surface area contributed by atoms with E-state index in [9.17, 15) is 23.6 Å². The molecule has 8 heteroatoms. The van der Waals surface area contributed by atoms with Crippen molar-refractivity contribution in [1.29, 1.82) is 0 Å². The predicted molar refractivity (Wildman–Crippen MR) is 83.8 cm³/mol. The van der Waals surface area contributed by atoms with Gasteiger partial charge in [-0.3, -0.25) is 24.1 Å². The predicted octanol–water partition coefficient (Wildman–Crippen LogP) is 0.871. The van der Waals surface area contributed by atoms with Crippen LogP contribution in [-0.4, -0.2) is 48.3 Å². The Kier molecular flexibility index (Phi) is 4.78. The summed E-state index contributed by atoms with van der Waals surface area (Å²) in [6.07, 6.45) is 0.811. The number of imide groups is 1. The number of carbonyl (C=O) groups excluding carboxylic acids is 4. The standard InChI is InChI=1S/C17H17FN2O5/c18-12-4-1-2-5-13(12)20-9-11(8-15(20)22)17(24)25-10-16(23)19-7-3-6-14(19)21/h1-2,4-5,11H,3,6-10H2/t11-/m1/s1. The molecule has 0 aliphatic carbocycles. The lowest BCUT2D eigenvalue weighted by Crippen LogP contribution is -2.36. The molecule has 1 aromatic carbocycles. The van der Waals surface area contributed by atoms with Crippen LogP contribution < -0.4 is 4.90 Å². The number of likely N-dealkylation sites (tertiary alicyclic amines) is 1. The van der Waals surface area contributed by atoms with E-state index in [-0.39, 0.29) is 30.5 Å². The molecule has 25 heavy (non-hydrogen) atoms. The third-order valence-electron chi connectivity index (χ3n) is 4.31. The average Bonchev–Trinajstić information content (AvgIpc) is 3.19. The van der Waals surface area contributed by atoms with Crippen molar-refractivity contribution in [1.82, 2.24) is 4.90 Å². The highest BCUT2D eigenvalue weighted by Gasteiger charge is 2.37. The molecular weight excluding hydrogens is 331 g/mol. The molecule has 2 aliphatic rings. The molecule has 2 heterocycles. The van der Waals surface area contributed by atoms with Gasteiger partial charge in [-0.1, -0.05) is 12.1 Å². The Labute approximate surface area is 143 Å². The molecule has 132 valence electrons. The highest BCUT2D eigenvalue weighted by molar-refractivity contribution is 6.00. The molecule has 0 N–H and O–H groups in total. The van der Waals surface area contributed by atoms with E-state index in [1.807, 2.05) is 0 Å². The summed E-state index contributed by atoms with van der Waals surface area (Å²) in [6, 6.07) is 5.81. The van der Waals surface area contributed by atoms with Gasteiger partial charge in [-0.05, 0) is 18.6 Å². The summed E-state index contributed by atoms with van der Waals surface area (Å²) < 4.78 is 18.8. The van der Waals surface area contributed by atoms with Crippen LogP contribution in [0, 0.1) is 11.7 Å². The van der Waals surface area contributed by atoms with Crippen molar-refractivity contribution in [2.24, 2.45) is 5.92 Å². The van der Waals surface area contributed by atoms with E-state index in [1.165, 1.54) is 23.1 Å². The minimum absolute atomic E-state index is 0.00453. The molecule has 0 bridgehead atoms. The maximum Gasteiger partial charge on any atom is 0.311 e. The summed E-state index contributed by atoms with van der Waals surface area (Å²) in [5, 5.41) is 0. The first-order chi connectivity index (χ1) is 12.0. The van der Waals surface area contributed by atoms with Crippen molar-refractivity contribution in [3.05, 3.63) is 30.1 Å². The van der Waals surface area contributed by atoms with Crippen molar-refractivity contribution in [2.75, 3.05) is 24.6 Å². The average molecular weight is 348 g/mol. The molecule has 0 radical (unpaired) electrons. The van der Waals surface area contributed by atoms with Gasteiger partial charge < -0.3 is 9.64 Å². The number of benzene rings is 1. The number of hydrogen-bond acceptors (Lipinski definition) is 5. The van der Waals surface area contributed by atoms with E-state index in [0.717, 1.165) is 4.90 Å². The van der Waals surface area contributed by atoms with Crippen molar-refractivity contribution < 1.29 is 28.3 Å². The van der Waals surface area contributed by atoms with Crippen LogP contribution in [0.25, 0.3) is 0 Å². The third kappa shape index (κ3) is 3.52. The minimum Gasteiger partial charge on any atom is -0.455 e. The van der Waals surface area contributed by atoms with Crippen LogP contribution in [0.3, 0.4) is 0 Å². The number of amides is 3. The summed E-state index contributed by atoms with van der Waals surface area (Å²) in [4.78, 5) is 49.8. The molecule has 0 unspecified atom stereocenters. The van der Waals surface area contributed by atoms with Gasteiger partial charge in [-0.25, -0.2) is 4.39 Å². The molecule has 1 atom stereocenters. The first-order valence-electron chi connectivity index (χ1n) is 8.02. The first kappa shape index (κ1) is 17.1. The van der Waals surface area contributed by atoms with Crippen LogP contribution in [0.5, 0.6) is 0 Å². The summed E-state index contributed by atoms with van der Waals surface area (Å²) in [5.41, 5.74) is 0.113. The maximum atomic E-state index is 13.8. The van der Waals surface area contributed by atoms with Gasteiger partial charge in [0, 0.05) is 25.9 Å². The molecule has 0 saturated carbocycles. The van der Waals surface area contributed by atoms with Gasteiger partial charge in [-0.2, -0.15) is 0 Å². The molecular formula is C17H17FN2O5. The summed E-state index contributed by atoms with van der Waals surface area (Å²) in [5.74, 6) is -3.24. The van der Waals surface area contributed by atoms with Gasteiger partial charge >= 0.3 is 5.97 Å². The second-order valence-corrected chi connectivity index (χ2v) is 6.01. The fourth-order valence-electron chi connectivity index (χ4n) is 3.01. The highest BCUT2D eigenvalue weighted by atomic mass is 19.1. The number of anilines is 1. The Hall–Kier alpha value is -2.77. The van der Waals surface area contributed by atoms with Gasteiger partial charge in [0.25, 0.3) is 5.91 Å². The lowest BCUT2D eigenvalue weighted by atomic mass is 10.1. The van der Waals surface area contributed by atoms with Crippen molar-refractivity contribution in [3.8, 4) is 0 Å². The van der Waals surface area contributed by atoms with E-state index < -0.39 is 30.2 Å². The van der Waals surface area contributed by atoms with E-state index in [4.69, 9.17) is 4.74 Å². The van der Waals surface area contributed by atoms with Crippen LogP contribution in [0.15, 0.2) is 24.3 Å². The van der Waals surface area contributed by atoms with Gasteiger partial charge in [0.15, 0.2) is 6.61 Å². The molecule has 1 aromatic rings. The maximum absolute atomic E-state index is 13.8. The molecule has 3 amide bonds. The van der Waals surface area contributed by atoms with Crippen LogP contribution >= 0.6 is 0 Å². The summed E-state index contributed by atoms with van der Waals surface area (Å²) in [7, 11) is 0. The molecule has 2 fully saturated rings. The fraction of sp³-hybridized carbons (Fsp3) is 0.412. The smallest absolute Gasteiger partial charge is 0.311 e. The Balaban J connectivity index is 1.57. The number of hydrogen-bond donors (Lipinski definition) is 0. The Morgan fingerprint density at radius 1 is 1.20 bits per heavy atom. The van der Waals surface area contributed by atoms with Crippen LogP contribution in [0.2, 0.25) is 0 Å². The Morgan fingerprint density at radius 3 is 2.64 bits per heavy atom. The third-order valence-corrected chi connectivity index (χ3v) is 4.31. The molecule has 2 saturated heterocycles. The quantitative estimate of drug-likeness (QED) is 0.754. The van der Waals surface area contributed by atoms with Crippen LogP contribution in [0.4, 0.5) is 10.1 Å². The molecule has 2 aliphatic heterocycles. The van der Waals surface area contributed by atoms with Gasteiger partial charge in [0.1, 0.15) is 5.82 Å². The Bertz CT molecular complexity index is 736. The van der Waals surface area contributed by atoms with E-state index in [2.05, 4.69) is 0 Å². The van der Waals surface area contributed by atoms with Gasteiger partial charge in [0.2, 0.25) is 11.8 Å². The zero-order valence-corrected chi connectivity index (χ0v) is 13.4. The SMILES string of the molecule is O=C(OCC(=O)N1CCCC1=O)[C@@H]1CC(=O)N(c2ccccc2F)C1. The lowest BCUT2D eigenvalue weighted by molar-refractivity contribution is -0.157. The number of nitrogens with zero attached hydrogens (tertiary/aromatic N) is 2. The zero-order valence-electron chi connectivity index (χ0n) is 13.4. The van der Waals surface area contributed by atoms with E-state index in [1.54, 1.807) is 6.07 Å². The number of para-hydroxylation sites is 1. The largest absolute Gasteiger partial charge is 0.455 e. The summed E-state index contributed by atoms with van der Waals surface area (Å²) in [6.45, 7) is -0.206. The second-order valence-electron chi connectivity index (χ2n) is 6.01. The fourth-order valence-corrected chi connectivity index (χ4v) is 3.01. The number of halogens is 1. The lowest BCUT2D eigenvalue weighted by Gasteiger charge is -2.17. The second kappa shape index (κ2) is 7.00.